The summed E-state index contributed by atoms with van der Waals surface area (Å²) in [5.74, 6) is 2.56. The molecule has 7 rings (SSSR count). The molecular weight excluding hydrogens is 633 g/mol. The molecule has 0 aromatic heterocycles. The van der Waals surface area contributed by atoms with Gasteiger partial charge in [-0.3, -0.25) is 0 Å². The van der Waals surface area contributed by atoms with Crippen LogP contribution in [0.2, 0.25) is 18.9 Å². The molecule has 0 fully saturated rings. The van der Waals surface area contributed by atoms with Crippen molar-refractivity contribution in [3.05, 3.63) is 106 Å². The third kappa shape index (κ3) is 3.82. The van der Waals surface area contributed by atoms with E-state index in [1.165, 1.54) is 21.5 Å². The maximum atomic E-state index is 6.57. The normalized spacial score (nSPS) is 20.5. The summed E-state index contributed by atoms with van der Waals surface area (Å²) < 4.78 is 7.88. The Morgan fingerprint density at radius 2 is 1.13 bits per heavy atom. The van der Waals surface area contributed by atoms with Crippen LogP contribution in [0.25, 0.3) is 31.9 Å². The molecule has 2 unspecified atom stereocenters. The van der Waals surface area contributed by atoms with Crippen molar-refractivity contribution >= 4 is 92.2 Å². The zero-order valence-corrected chi connectivity index (χ0v) is 31.1. The first-order valence-electron chi connectivity index (χ1n) is 13.2. The molecule has 2 aliphatic carbocycles. The Morgan fingerprint density at radius 1 is 0.711 bits per heavy atom. The van der Waals surface area contributed by atoms with E-state index in [1.54, 1.807) is 43.8 Å². The van der Waals surface area contributed by atoms with Gasteiger partial charge in [-0.1, -0.05) is 0 Å². The van der Waals surface area contributed by atoms with Crippen LogP contribution in [0.15, 0.2) is 83.9 Å². The molecular formula is C31H33Al2Cl2OSiZr. The van der Waals surface area contributed by atoms with Crippen LogP contribution in [0.1, 0.15) is 43.4 Å². The number of allylic oxidation sites excluding steroid dienone is 2. The van der Waals surface area contributed by atoms with E-state index in [9.17, 15) is 0 Å². The number of rotatable bonds is 2. The van der Waals surface area contributed by atoms with Gasteiger partial charge in [-0.05, 0) is 0 Å². The first-order chi connectivity index (χ1) is 17.4. The van der Waals surface area contributed by atoms with Gasteiger partial charge in [-0.2, -0.15) is 0 Å². The van der Waals surface area contributed by atoms with Gasteiger partial charge >= 0.3 is 236 Å². The van der Waals surface area contributed by atoms with Crippen LogP contribution in [-0.4, -0.2) is 35.4 Å². The van der Waals surface area contributed by atoms with E-state index in [0.29, 0.717) is 7.25 Å². The van der Waals surface area contributed by atoms with Crippen molar-refractivity contribution in [3.63, 3.8) is 0 Å². The molecule has 0 spiro atoms. The SMILES string of the molecule is CC1=C2c3c(ccc4ccccc34)[CH]1[Zr]([Al]([CH3])[O][AlH2])[CH]1C(C)=C(c3c1ccc1ccccc31)[Si]2(C)C.Cl.Cl. The molecule has 4 aromatic carbocycles. The van der Waals surface area contributed by atoms with E-state index in [1.807, 2.05) is 0 Å². The second kappa shape index (κ2) is 10.4. The summed E-state index contributed by atoms with van der Waals surface area (Å²) in [6.45, 7) is 10.4. The minimum absolute atomic E-state index is 0. The van der Waals surface area contributed by atoms with Gasteiger partial charge in [0.25, 0.3) is 0 Å². The summed E-state index contributed by atoms with van der Waals surface area (Å²) in [6, 6.07) is 28.1. The van der Waals surface area contributed by atoms with Crippen LogP contribution < -0.4 is 0 Å². The fraction of sp³-hybridized carbons (Fsp3) is 0.226. The van der Waals surface area contributed by atoms with Crippen molar-refractivity contribution < 1.29 is 22.1 Å². The average Bonchev–Trinajstić information content (AvgIpc) is 3.37. The van der Waals surface area contributed by atoms with Crippen molar-refractivity contribution in [3.8, 4) is 0 Å². The van der Waals surface area contributed by atoms with E-state index < -0.39 is 38.1 Å². The Morgan fingerprint density at radius 3 is 1.55 bits per heavy atom. The minimum Gasteiger partial charge on any atom is -0.147 e. The molecule has 4 bridgehead atoms. The monoisotopic (exact) mass is 663 g/mol. The van der Waals surface area contributed by atoms with Crippen LogP contribution in [0.3, 0.4) is 0 Å². The maximum Gasteiger partial charge on any atom is -0.147 e. The predicted octanol–water partition coefficient (Wildman–Crippen LogP) is 8.29. The Balaban J connectivity index is 0.00000147. The van der Waals surface area contributed by atoms with Crippen molar-refractivity contribution in [2.24, 2.45) is 0 Å². The largest absolute Gasteiger partial charge is 0.147 e. The van der Waals surface area contributed by atoms with Crippen molar-refractivity contribution in [2.45, 2.75) is 40.0 Å². The molecule has 1 nitrogen and oxygen atoms in total. The van der Waals surface area contributed by atoms with Gasteiger partial charge in [0, 0.05) is 0 Å². The third-order valence-corrected chi connectivity index (χ3v) is 40.0. The van der Waals surface area contributed by atoms with Gasteiger partial charge < -0.3 is 0 Å². The molecule has 1 heterocycles. The van der Waals surface area contributed by atoms with Crippen LogP contribution >= 0.6 is 24.8 Å². The molecule has 2 atom stereocenters. The fourth-order valence-electron chi connectivity index (χ4n) is 8.13. The Labute approximate surface area is 258 Å². The molecule has 191 valence electrons. The number of fused-ring (bicyclic) bond motifs is 12. The van der Waals surface area contributed by atoms with E-state index in [2.05, 4.69) is 106 Å². The van der Waals surface area contributed by atoms with Gasteiger partial charge in [0.05, 0.1) is 0 Å². The van der Waals surface area contributed by atoms with Gasteiger partial charge in [-0.25, -0.2) is 0 Å². The molecule has 1 aliphatic heterocycles. The van der Waals surface area contributed by atoms with Crippen LogP contribution in [0, 0.1) is 0 Å². The molecule has 0 radical (unpaired) electrons. The number of hydrogen-bond donors (Lipinski definition) is 0. The quantitative estimate of drug-likeness (QED) is 0.196. The van der Waals surface area contributed by atoms with Crippen LogP contribution in [-0.2, 0) is 22.1 Å². The van der Waals surface area contributed by atoms with Gasteiger partial charge in [0.1, 0.15) is 0 Å². The molecule has 38 heavy (non-hydrogen) atoms. The van der Waals surface area contributed by atoms with E-state index in [4.69, 9.17) is 2.84 Å². The zero-order valence-electron chi connectivity index (χ0n) is 22.9. The Kier molecular flexibility index (Phi) is 8.00. The van der Waals surface area contributed by atoms with Crippen LogP contribution in [0.5, 0.6) is 0 Å². The molecule has 4 aromatic rings. The van der Waals surface area contributed by atoms with Gasteiger partial charge in [0.2, 0.25) is 0 Å². The standard InChI is InChI=1S/C30H26Si.CH3.2Al.2ClH.O.Zr.2H/c1-19-17-23-15-13-21-9-5-7-11-25(21)27(23)29(19)31(3,4)30-20(2)18-24-16-14-22-10-6-8-12-26(22)28(24)30;;;;;;;;;/h5-18H,1-4H3;1H3;;;2*1H;;;;. The minimum atomic E-state index is -2.19. The fourth-order valence-corrected chi connectivity index (χ4v) is 40.1. The van der Waals surface area contributed by atoms with Crippen molar-refractivity contribution in [1.29, 1.82) is 0 Å². The molecule has 0 saturated heterocycles. The zero-order chi connectivity index (χ0) is 24.9. The smallest absolute Gasteiger partial charge is 0.147 e. The molecule has 0 N–H and O–H groups in total. The third-order valence-electron chi connectivity index (χ3n) is 9.44. The van der Waals surface area contributed by atoms with Crippen molar-refractivity contribution in [1.82, 2.24) is 0 Å². The second-order valence-corrected chi connectivity index (χ2v) is 34.1. The number of benzene rings is 4. The molecule has 7 heteroatoms. The maximum absolute atomic E-state index is 6.57. The first-order valence-corrected chi connectivity index (χ1v) is 26.3. The number of hydrogen-bond acceptors (Lipinski definition) is 1. The molecule has 3 aliphatic rings. The summed E-state index contributed by atoms with van der Waals surface area (Å²) in [4.78, 5) is 0. The van der Waals surface area contributed by atoms with E-state index >= 15 is 0 Å². The Bertz CT molecular complexity index is 1560. The van der Waals surface area contributed by atoms with E-state index in [0.717, 1.165) is 16.6 Å². The predicted molar refractivity (Wildman–Crippen MR) is 172 cm³/mol. The molecule has 0 amide bonds. The van der Waals surface area contributed by atoms with Crippen molar-refractivity contribution in [2.75, 3.05) is 0 Å². The summed E-state index contributed by atoms with van der Waals surface area (Å²) in [5, 5.41) is 9.24. The molecule has 0 saturated carbocycles. The topological polar surface area (TPSA) is 9.23 Å². The summed E-state index contributed by atoms with van der Waals surface area (Å²) in [7, 11) is -3.28. The number of halogens is 2. The summed E-state index contributed by atoms with van der Waals surface area (Å²) in [6.07, 6.45) is 0. The van der Waals surface area contributed by atoms with E-state index in [-0.39, 0.29) is 24.8 Å². The summed E-state index contributed by atoms with van der Waals surface area (Å²) >= 11 is -1.32. The van der Waals surface area contributed by atoms with Gasteiger partial charge in [-0.15, -0.1) is 24.8 Å². The van der Waals surface area contributed by atoms with Crippen LogP contribution in [0.4, 0.5) is 0 Å². The first kappa shape index (κ1) is 29.1. The average molecular weight is 666 g/mol. The summed E-state index contributed by atoms with van der Waals surface area (Å²) in [5.41, 5.74) is 10.0. The van der Waals surface area contributed by atoms with Gasteiger partial charge in [0.15, 0.2) is 0 Å². The second-order valence-electron chi connectivity index (χ2n) is 11.5. The Hall–Kier alpha value is -0.415.